The second-order valence-corrected chi connectivity index (χ2v) is 5.52. The lowest BCUT2D eigenvalue weighted by atomic mass is 9.94. The van der Waals surface area contributed by atoms with Crippen LogP contribution in [0.2, 0.25) is 0 Å². The molecule has 0 aliphatic rings. The summed E-state index contributed by atoms with van der Waals surface area (Å²) >= 11 is 0. The fraction of sp³-hybridized carbons (Fsp3) is 0.263. The van der Waals surface area contributed by atoms with Crippen LogP contribution in [0.1, 0.15) is 42.7 Å². The van der Waals surface area contributed by atoms with Gasteiger partial charge in [0, 0.05) is 18.7 Å². The number of aryl methyl sites for hydroxylation is 2. The van der Waals surface area contributed by atoms with Gasteiger partial charge in [0.05, 0.1) is 11.4 Å². The number of hydrogen-bond donors (Lipinski definition) is 1. The zero-order chi connectivity index (χ0) is 17.0. The summed E-state index contributed by atoms with van der Waals surface area (Å²) < 4.78 is 13.4. The highest BCUT2D eigenvalue weighted by Gasteiger charge is 2.11. The Balaban J connectivity index is 2.54. The van der Waals surface area contributed by atoms with Gasteiger partial charge < -0.3 is 5.32 Å². The minimum atomic E-state index is -0.247. The van der Waals surface area contributed by atoms with Crippen LogP contribution in [0.4, 0.5) is 10.1 Å². The Morgan fingerprint density at radius 3 is 2.65 bits per heavy atom. The van der Waals surface area contributed by atoms with E-state index >= 15 is 0 Å². The number of nitrogens with zero attached hydrogens (tertiary/aromatic N) is 1. The largest absolute Gasteiger partial charge is 0.325 e. The van der Waals surface area contributed by atoms with Crippen LogP contribution in [0.5, 0.6) is 0 Å². The normalized spacial score (nSPS) is 11.4. The van der Waals surface area contributed by atoms with Gasteiger partial charge in [-0.15, -0.1) is 0 Å². The molecule has 0 spiro atoms. The Kier molecular flexibility index (Phi) is 5.27. The molecular formula is C19H21FN2O. The quantitative estimate of drug-likeness (QED) is 0.893. The number of amides is 1. The monoisotopic (exact) mass is 312 g/mol. The molecule has 120 valence electrons. The molecule has 0 atom stereocenters. The lowest BCUT2D eigenvalue weighted by Gasteiger charge is -2.14. The van der Waals surface area contributed by atoms with E-state index in [0.717, 1.165) is 34.4 Å². The molecule has 1 heterocycles. The third kappa shape index (κ3) is 4.03. The molecule has 0 saturated heterocycles. The number of benzene rings is 1. The highest BCUT2D eigenvalue weighted by Crippen LogP contribution is 2.29. The number of hydrogen-bond acceptors (Lipinski definition) is 2. The zero-order valence-electron chi connectivity index (χ0n) is 13.9. The Bertz CT molecular complexity index is 766. The van der Waals surface area contributed by atoms with Gasteiger partial charge in [-0.25, -0.2) is 4.39 Å². The van der Waals surface area contributed by atoms with Gasteiger partial charge >= 0.3 is 0 Å². The summed E-state index contributed by atoms with van der Waals surface area (Å²) in [5.41, 5.74) is 5.17. The standard InChI is InChI=1S/C19H21FN2O/c1-5-6-18(17-8-7-16(20)9-12(17)2)15-10-19(22-14(4)23)13(3)21-11-15/h6-11H,5H2,1-4H3,(H,22,23)/b18-6-. The van der Waals surface area contributed by atoms with E-state index in [-0.39, 0.29) is 11.7 Å². The number of allylic oxidation sites excluding steroid dienone is 1. The number of nitrogens with one attached hydrogen (secondary N) is 1. The number of aromatic nitrogens is 1. The van der Waals surface area contributed by atoms with Gasteiger partial charge in [0.2, 0.25) is 5.91 Å². The van der Waals surface area contributed by atoms with E-state index in [1.54, 1.807) is 12.3 Å². The molecule has 0 bridgehead atoms. The van der Waals surface area contributed by atoms with Crippen molar-refractivity contribution >= 4 is 17.2 Å². The topological polar surface area (TPSA) is 42.0 Å². The highest BCUT2D eigenvalue weighted by molar-refractivity contribution is 5.90. The maximum atomic E-state index is 13.4. The van der Waals surface area contributed by atoms with Crippen molar-refractivity contribution in [2.24, 2.45) is 0 Å². The summed E-state index contributed by atoms with van der Waals surface area (Å²) in [5, 5.41) is 2.80. The van der Waals surface area contributed by atoms with E-state index in [4.69, 9.17) is 0 Å². The van der Waals surface area contributed by atoms with Crippen LogP contribution in [0.25, 0.3) is 5.57 Å². The maximum Gasteiger partial charge on any atom is 0.221 e. The summed E-state index contributed by atoms with van der Waals surface area (Å²) in [6.07, 6.45) is 4.71. The summed E-state index contributed by atoms with van der Waals surface area (Å²) in [7, 11) is 0. The molecular weight excluding hydrogens is 291 g/mol. The molecule has 2 rings (SSSR count). The lowest BCUT2D eigenvalue weighted by molar-refractivity contribution is -0.114. The molecule has 0 unspecified atom stereocenters. The first-order chi connectivity index (χ1) is 10.9. The molecule has 1 aromatic heterocycles. The third-order valence-electron chi connectivity index (χ3n) is 3.60. The SMILES string of the molecule is CC/C=C(/c1cnc(C)c(NC(C)=O)c1)c1ccc(F)cc1C. The molecule has 0 aliphatic heterocycles. The summed E-state index contributed by atoms with van der Waals surface area (Å²) in [4.78, 5) is 15.7. The van der Waals surface area contributed by atoms with E-state index in [2.05, 4.69) is 23.3 Å². The number of pyridine rings is 1. The Hall–Kier alpha value is -2.49. The Labute approximate surface area is 136 Å². The van der Waals surface area contributed by atoms with Gasteiger partial charge in [-0.3, -0.25) is 9.78 Å². The molecule has 23 heavy (non-hydrogen) atoms. The first kappa shape index (κ1) is 16.9. The molecule has 0 fully saturated rings. The van der Waals surface area contributed by atoms with Gasteiger partial charge in [0.1, 0.15) is 5.82 Å². The maximum absolute atomic E-state index is 13.4. The molecule has 1 amide bonds. The second-order valence-electron chi connectivity index (χ2n) is 5.52. The van der Waals surface area contributed by atoms with Crippen LogP contribution in [0.3, 0.4) is 0 Å². The summed E-state index contributed by atoms with van der Waals surface area (Å²) in [5.74, 6) is -0.380. The van der Waals surface area contributed by atoms with E-state index in [1.807, 2.05) is 19.9 Å². The van der Waals surface area contributed by atoms with Crippen molar-refractivity contribution in [1.29, 1.82) is 0 Å². The van der Waals surface area contributed by atoms with E-state index in [1.165, 1.54) is 19.1 Å². The van der Waals surface area contributed by atoms with E-state index < -0.39 is 0 Å². The van der Waals surface area contributed by atoms with Crippen molar-refractivity contribution < 1.29 is 9.18 Å². The number of anilines is 1. The zero-order valence-corrected chi connectivity index (χ0v) is 13.9. The minimum Gasteiger partial charge on any atom is -0.325 e. The van der Waals surface area contributed by atoms with Gasteiger partial charge in [0.25, 0.3) is 0 Å². The van der Waals surface area contributed by atoms with Crippen LogP contribution < -0.4 is 5.32 Å². The highest BCUT2D eigenvalue weighted by atomic mass is 19.1. The number of rotatable bonds is 4. The Morgan fingerprint density at radius 1 is 1.30 bits per heavy atom. The Morgan fingerprint density at radius 2 is 2.04 bits per heavy atom. The minimum absolute atomic E-state index is 0.133. The lowest BCUT2D eigenvalue weighted by Crippen LogP contribution is -2.08. The smallest absolute Gasteiger partial charge is 0.221 e. The molecule has 1 N–H and O–H groups in total. The summed E-state index contributed by atoms with van der Waals surface area (Å²) in [6, 6.07) is 6.68. The van der Waals surface area contributed by atoms with Crippen molar-refractivity contribution in [3.05, 3.63) is 64.7 Å². The molecule has 0 aliphatic carbocycles. The fourth-order valence-electron chi connectivity index (χ4n) is 2.51. The third-order valence-corrected chi connectivity index (χ3v) is 3.60. The molecule has 3 nitrogen and oxygen atoms in total. The van der Waals surface area contributed by atoms with Crippen molar-refractivity contribution in [3.63, 3.8) is 0 Å². The average molecular weight is 312 g/mol. The van der Waals surface area contributed by atoms with Gasteiger partial charge in [0.15, 0.2) is 0 Å². The fourth-order valence-corrected chi connectivity index (χ4v) is 2.51. The van der Waals surface area contributed by atoms with Crippen LogP contribution in [-0.4, -0.2) is 10.9 Å². The van der Waals surface area contributed by atoms with Crippen molar-refractivity contribution in [2.45, 2.75) is 34.1 Å². The first-order valence-electron chi connectivity index (χ1n) is 7.63. The average Bonchev–Trinajstić information content (AvgIpc) is 2.47. The van der Waals surface area contributed by atoms with Crippen molar-refractivity contribution in [3.8, 4) is 0 Å². The van der Waals surface area contributed by atoms with Gasteiger partial charge in [-0.2, -0.15) is 0 Å². The molecule has 0 radical (unpaired) electrons. The van der Waals surface area contributed by atoms with E-state index in [0.29, 0.717) is 5.69 Å². The van der Waals surface area contributed by atoms with Crippen LogP contribution in [0, 0.1) is 19.7 Å². The molecule has 0 saturated carbocycles. The van der Waals surface area contributed by atoms with Crippen LogP contribution >= 0.6 is 0 Å². The predicted octanol–water partition coefficient (Wildman–Crippen LogP) is 4.64. The van der Waals surface area contributed by atoms with Crippen molar-refractivity contribution in [1.82, 2.24) is 4.98 Å². The van der Waals surface area contributed by atoms with E-state index in [9.17, 15) is 9.18 Å². The molecule has 1 aromatic carbocycles. The second kappa shape index (κ2) is 7.18. The van der Waals surface area contributed by atoms with Crippen LogP contribution in [-0.2, 0) is 4.79 Å². The number of carbonyl (C=O) groups excluding carboxylic acids is 1. The first-order valence-corrected chi connectivity index (χ1v) is 7.63. The predicted molar refractivity (Wildman–Crippen MR) is 91.8 cm³/mol. The van der Waals surface area contributed by atoms with Crippen molar-refractivity contribution in [2.75, 3.05) is 5.32 Å². The molecule has 2 aromatic rings. The van der Waals surface area contributed by atoms with Gasteiger partial charge in [-0.1, -0.05) is 19.1 Å². The van der Waals surface area contributed by atoms with Gasteiger partial charge in [-0.05, 0) is 55.2 Å². The summed E-state index contributed by atoms with van der Waals surface area (Å²) in [6.45, 7) is 7.26. The molecule has 4 heteroatoms. The van der Waals surface area contributed by atoms with Crippen LogP contribution in [0.15, 0.2) is 36.5 Å². The number of carbonyl (C=O) groups is 1. The number of halogens is 1.